The first-order valence-corrected chi connectivity index (χ1v) is 6.73. The van der Waals surface area contributed by atoms with Gasteiger partial charge in [-0.2, -0.15) is 9.82 Å². The van der Waals surface area contributed by atoms with Crippen LogP contribution in [0.15, 0.2) is 11.1 Å². The van der Waals surface area contributed by atoms with E-state index in [1.807, 2.05) is 0 Å². The van der Waals surface area contributed by atoms with E-state index in [4.69, 9.17) is 5.73 Å². The number of aryl methyl sites for hydroxylation is 1. The number of sulfonamides is 1. The molecular weight excluding hydrogens is 260 g/mol. The SMILES string of the molecule is CCn1cc(S(=O)(=O)NC(C)C(=O)OC)c(N)n1. The Morgan fingerprint density at radius 1 is 1.67 bits per heavy atom. The van der Waals surface area contributed by atoms with E-state index in [1.165, 1.54) is 24.9 Å². The van der Waals surface area contributed by atoms with Crippen molar-refractivity contribution in [1.29, 1.82) is 0 Å². The lowest BCUT2D eigenvalue weighted by Gasteiger charge is -2.11. The predicted molar refractivity (Wildman–Crippen MR) is 64.1 cm³/mol. The Kier molecular flexibility index (Phi) is 4.30. The number of methoxy groups -OCH3 is 1. The van der Waals surface area contributed by atoms with Gasteiger partial charge in [-0.15, -0.1) is 0 Å². The van der Waals surface area contributed by atoms with Crippen molar-refractivity contribution in [1.82, 2.24) is 14.5 Å². The van der Waals surface area contributed by atoms with Crippen LogP contribution < -0.4 is 10.5 Å². The molecule has 8 nitrogen and oxygen atoms in total. The molecule has 1 aromatic rings. The summed E-state index contributed by atoms with van der Waals surface area (Å²) in [7, 11) is -2.72. The van der Waals surface area contributed by atoms with E-state index >= 15 is 0 Å². The van der Waals surface area contributed by atoms with E-state index in [2.05, 4.69) is 14.6 Å². The molecule has 1 unspecified atom stereocenters. The fourth-order valence-corrected chi connectivity index (χ4v) is 2.57. The molecule has 0 bridgehead atoms. The van der Waals surface area contributed by atoms with Crippen LogP contribution in [0, 0.1) is 0 Å². The van der Waals surface area contributed by atoms with E-state index < -0.39 is 22.0 Å². The van der Waals surface area contributed by atoms with E-state index in [0.717, 1.165) is 0 Å². The second kappa shape index (κ2) is 5.36. The van der Waals surface area contributed by atoms with Gasteiger partial charge < -0.3 is 10.5 Å². The van der Waals surface area contributed by atoms with Gasteiger partial charge in [0, 0.05) is 12.7 Å². The molecule has 0 aliphatic carbocycles. The number of carbonyl (C=O) groups excluding carboxylic acids is 1. The van der Waals surface area contributed by atoms with Gasteiger partial charge in [0.15, 0.2) is 5.82 Å². The highest BCUT2D eigenvalue weighted by molar-refractivity contribution is 7.89. The van der Waals surface area contributed by atoms with Gasteiger partial charge in [0.25, 0.3) is 0 Å². The van der Waals surface area contributed by atoms with Gasteiger partial charge in [0.2, 0.25) is 10.0 Å². The summed E-state index contributed by atoms with van der Waals surface area (Å²) in [6, 6.07) is -0.996. The second-order valence-corrected chi connectivity index (χ2v) is 5.28. The molecule has 0 spiro atoms. The molecule has 0 radical (unpaired) electrons. The Balaban J connectivity index is 2.99. The molecule has 0 amide bonds. The minimum absolute atomic E-state index is 0.110. The summed E-state index contributed by atoms with van der Waals surface area (Å²) in [5.41, 5.74) is 5.52. The van der Waals surface area contributed by atoms with Crippen LogP contribution in [0.3, 0.4) is 0 Å². The molecule has 0 saturated heterocycles. The molecule has 0 aliphatic heterocycles. The minimum Gasteiger partial charge on any atom is -0.468 e. The van der Waals surface area contributed by atoms with Gasteiger partial charge in [-0.3, -0.25) is 9.48 Å². The zero-order valence-electron chi connectivity index (χ0n) is 10.4. The van der Waals surface area contributed by atoms with E-state index in [1.54, 1.807) is 6.92 Å². The first-order chi connectivity index (χ1) is 8.31. The predicted octanol–water partition coefficient (Wildman–Crippen LogP) is -0.675. The van der Waals surface area contributed by atoms with Crippen molar-refractivity contribution in [3.05, 3.63) is 6.20 Å². The highest BCUT2D eigenvalue weighted by atomic mass is 32.2. The van der Waals surface area contributed by atoms with Gasteiger partial charge in [-0.25, -0.2) is 8.42 Å². The van der Waals surface area contributed by atoms with Crippen LogP contribution >= 0.6 is 0 Å². The Morgan fingerprint density at radius 3 is 2.72 bits per heavy atom. The monoisotopic (exact) mass is 276 g/mol. The fraction of sp³-hybridized carbons (Fsp3) is 0.556. The van der Waals surface area contributed by atoms with Gasteiger partial charge in [-0.05, 0) is 13.8 Å². The Morgan fingerprint density at radius 2 is 2.28 bits per heavy atom. The lowest BCUT2D eigenvalue weighted by atomic mass is 10.4. The van der Waals surface area contributed by atoms with Crippen molar-refractivity contribution in [3.63, 3.8) is 0 Å². The lowest BCUT2D eigenvalue weighted by molar-refractivity contribution is -0.142. The average Bonchev–Trinajstić information content (AvgIpc) is 2.69. The number of ether oxygens (including phenoxy) is 1. The van der Waals surface area contributed by atoms with Crippen LogP contribution in [0.1, 0.15) is 13.8 Å². The number of nitrogens with zero attached hydrogens (tertiary/aromatic N) is 2. The molecule has 1 rings (SSSR count). The molecule has 0 aromatic carbocycles. The van der Waals surface area contributed by atoms with Gasteiger partial charge in [0.05, 0.1) is 7.11 Å². The summed E-state index contributed by atoms with van der Waals surface area (Å²) in [5, 5.41) is 3.83. The van der Waals surface area contributed by atoms with Crippen LogP contribution in [-0.4, -0.2) is 37.3 Å². The molecule has 0 aliphatic rings. The maximum absolute atomic E-state index is 12.0. The number of nitrogens with one attached hydrogen (secondary N) is 1. The minimum atomic E-state index is -3.89. The van der Waals surface area contributed by atoms with Crippen LogP contribution in [0.5, 0.6) is 0 Å². The Hall–Kier alpha value is -1.61. The van der Waals surface area contributed by atoms with Crippen LogP contribution in [0.25, 0.3) is 0 Å². The first kappa shape index (κ1) is 14.5. The van der Waals surface area contributed by atoms with Crippen LogP contribution in [-0.2, 0) is 26.1 Å². The van der Waals surface area contributed by atoms with Crippen molar-refractivity contribution in [3.8, 4) is 0 Å². The number of nitrogens with two attached hydrogens (primary N) is 1. The zero-order valence-corrected chi connectivity index (χ0v) is 11.2. The number of aromatic nitrogens is 2. The fourth-order valence-electron chi connectivity index (χ4n) is 1.31. The largest absolute Gasteiger partial charge is 0.468 e. The number of esters is 1. The van der Waals surface area contributed by atoms with Crippen molar-refractivity contribution >= 4 is 21.8 Å². The quantitative estimate of drug-likeness (QED) is 0.689. The van der Waals surface area contributed by atoms with Gasteiger partial charge in [0.1, 0.15) is 10.9 Å². The Bertz CT molecular complexity index is 537. The van der Waals surface area contributed by atoms with Gasteiger partial charge >= 0.3 is 5.97 Å². The van der Waals surface area contributed by atoms with E-state index in [0.29, 0.717) is 6.54 Å². The number of rotatable bonds is 5. The van der Waals surface area contributed by atoms with Crippen LogP contribution in [0.4, 0.5) is 5.82 Å². The number of nitrogen functional groups attached to an aromatic ring is 1. The van der Waals surface area contributed by atoms with E-state index in [-0.39, 0.29) is 10.7 Å². The third-order valence-corrected chi connectivity index (χ3v) is 3.81. The first-order valence-electron chi connectivity index (χ1n) is 5.25. The summed E-state index contributed by atoms with van der Waals surface area (Å²) in [4.78, 5) is 11.0. The Labute approximate surface area is 105 Å². The molecule has 102 valence electrons. The summed E-state index contributed by atoms with van der Waals surface area (Å²) >= 11 is 0. The van der Waals surface area contributed by atoms with E-state index in [9.17, 15) is 13.2 Å². The van der Waals surface area contributed by atoms with Crippen molar-refractivity contribution in [2.75, 3.05) is 12.8 Å². The standard InChI is InChI=1S/C9H16N4O4S/c1-4-13-5-7(8(10)11-13)18(15,16)12-6(2)9(14)17-3/h5-6,12H,4H2,1-3H3,(H2,10,11). The molecule has 18 heavy (non-hydrogen) atoms. The summed E-state index contributed by atoms with van der Waals surface area (Å²) in [5.74, 6) is -0.790. The third-order valence-electron chi connectivity index (χ3n) is 2.26. The summed E-state index contributed by atoms with van der Waals surface area (Å²) in [6.07, 6.45) is 1.31. The van der Waals surface area contributed by atoms with Gasteiger partial charge in [-0.1, -0.05) is 0 Å². The molecule has 1 aromatic heterocycles. The maximum Gasteiger partial charge on any atom is 0.323 e. The number of hydrogen-bond acceptors (Lipinski definition) is 6. The maximum atomic E-state index is 12.0. The number of hydrogen-bond donors (Lipinski definition) is 2. The molecular formula is C9H16N4O4S. The molecule has 3 N–H and O–H groups in total. The number of anilines is 1. The van der Waals surface area contributed by atoms with Crippen molar-refractivity contribution in [2.45, 2.75) is 31.3 Å². The highest BCUT2D eigenvalue weighted by Gasteiger charge is 2.26. The highest BCUT2D eigenvalue weighted by Crippen LogP contribution is 2.16. The molecule has 9 heteroatoms. The second-order valence-electron chi connectivity index (χ2n) is 3.60. The molecule has 1 heterocycles. The zero-order chi connectivity index (χ0) is 13.9. The normalized spacial score (nSPS) is 13.3. The summed E-state index contributed by atoms with van der Waals surface area (Å²) < 4.78 is 31.9. The smallest absolute Gasteiger partial charge is 0.323 e. The lowest BCUT2D eigenvalue weighted by Crippen LogP contribution is -2.39. The number of carbonyl (C=O) groups is 1. The molecule has 0 saturated carbocycles. The molecule has 0 fully saturated rings. The van der Waals surface area contributed by atoms with Crippen molar-refractivity contribution < 1.29 is 17.9 Å². The van der Waals surface area contributed by atoms with Crippen LogP contribution in [0.2, 0.25) is 0 Å². The topological polar surface area (TPSA) is 116 Å². The van der Waals surface area contributed by atoms with Crippen molar-refractivity contribution in [2.24, 2.45) is 0 Å². The average molecular weight is 276 g/mol. The molecule has 1 atom stereocenters. The third kappa shape index (κ3) is 2.99. The summed E-state index contributed by atoms with van der Waals surface area (Å²) in [6.45, 7) is 3.67.